The SMILES string of the molecule is O=C(COC1CCCCC1)NCC(O)c1ccco1. The topological polar surface area (TPSA) is 71.7 Å². The number of aliphatic hydroxyl groups excluding tert-OH is 1. The molecule has 0 saturated heterocycles. The standard InChI is InChI=1S/C14H21NO4/c16-12(13-7-4-8-18-13)9-15-14(17)10-19-11-5-2-1-3-6-11/h4,7-8,11-12,16H,1-3,5-6,9-10H2,(H,15,17). The molecule has 1 saturated carbocycles. The van der Waals surface area contributed by atoms with Crippen LogP contribution in [0.1, 0.15) is 44.0 Å². The van der Waals surface area contributed by atoms with Gasteiger partial charge in [0.05, 0.1) is 18.9 Å². The first-order valence-corrected chi connectivity index (χ1v) is 6.85. The molecule has 1 aromatic heterocycles. The molecule has 1 aromatic rings. The second-order valence-corrected chi connectivity index (χ2v) is 4.91. The van der Waals surface area contributed by atoms with Crippen LogP contribution in [0.25, 0.3) is 0 Å². The lowest BCUT2D eigenvalue weighted by Gasteiger charge is -2.21. The molecule has 1 aliphatic rings. The number of nitrogens with one attached hydrogen (secondary N) is 1. The first kappa shape index (κ1) is 14.1. The number of hydrogen-bond acceptors (Lipinski definition) is 4. The quantitative estimate of drug-likeness (QED) is 0.824. The summed E-state index contributed by atoms with van der Waals surface area (Å²) in [4.78, 5) is 11.6. The van der Waals surface area contributed by atoms with E-state index in [4.69, 9.17) is 9.15 Å². The Hall–Kier alpha value is -1.33. The third-order valence-corrected chi connectivity index (χ3v) is 3.37. The van der Waals surface area contributed by atoms with E-state index in [9.17, 15) is 9.90 Å². The van der Waals surface area contributed by atoms with E-state index < -0.39 is 6.10 Å². The Kier molecular flexibility index (Phi) is 5.42. The van der Waals surface area contributed by atoms with Crippen LogP contribution in [-0.4, -0.2) is 30.3 Å². The van der Waals surface area contributed by atoms with Crippen molar-refractivity contribution in [3.8, 4) is 0 Å². The predicted molar refractivity (Wildman–Crippen MR) is 69.5 cm³/mol. The van der Waals surface area contributed by atoms with E-state index in [2.05, 4.69) is 5.32 Å². The molecule has 0 spiro atoms. The van der Waals surface area contributed by atoms with Gasteiger partial charge in [0.25, 0.3) is 0 Å². The van der Waals surface area contributed by atoms with E-state index in [1.54, 1.807) is 12.1 Å². The summed E-state index contributed by atoms with van der Waals surface area (Å²) in [5, 5.41) is 12.4. The Labute approximate surface area is 112 Å². The fourth-order valence-electron chi connectivity index (χ4n) is 2.27. The number of amides is 1. The molecule has 1 heterocycles. The molecule has 2 rings (SSSR count). The number of ether oxygens (including phenoxy) is 1. The highest BCUT2D eigenvalue weighted by molar-refractivity contribution is 5.77. The number of carbonyl (C=O) groups excluding carboxylic acids is 1. The molecule has 2 N–H and O–H groups in total. The van der Waals surface area contributed by atoms with Crippen molar-refractivity contribution in [3.05, 3.63) is 24.2 Å². The first-order valence-electron chi connectivity index (χ1n) is 6.85. The summed E-state index contributed by atoms with van der Waals surface area (Å²) in [6.07, 6.45) is 6.62. The Morgan fingerprint density at radius 1 is 1.47 bits per heavy atom. The molecular weight excluding hydrogens is 246 g/mol. The zero-order valence-electron chi connectivity index (χ0n) is 11.0. The average Bonchev–Trinajstić information content (AvgIpc) is 2.98. The lowest BCUT2D eigenvalue weighted by molar-refractivity contribution is -0.128. The van der Waals surface area contributed by atoms with Crippen molar-refractivity contribution in [2.75, 3.05) is 13.2 Å². The number of hydrogen-bond donors (Lipinski definition) is 2. The fraction of sp³-hybridized carbons (Fsp3) is 0.643. The Morgan fingerprint density at radius 2 is 2.26 bits per heavy atom. The van der Waals surface area contributed by atoms with Gasteiger partial charge in [0.15, 0.2) is 0 Å². The van der Waals surface area contributed by atoms with E-state index in [0.717, 1.165) is 12.8 Å². The minimum absolute atomic E-state index is 0.0650. The van der Waals surface area contributed by atoms with Crippen molar-refractivity contribution in [3.63, 3.8) is 0 Å². The highest BCUT2D eigenvalue weighted by Gasteiger charge is 2.16. The highest BCUT2D eigenvalue weighted by atomic mass is 16.5. The molecule has 106 valence electrons. The monoisotopic (exact) mass is 267 g/mol. The zero-order chi connectivity index (χ0) is 13.5. The summed E-state index contributed by atoms with van der Waals surface area (Å²) >= 11 is 0. The molecule has 1 unspecified atom stereocenters. The minimum Gasteiger partial charge on any atom is -0.467 e. The number of rotatable bonds is 6. The summed E-state index contributed by atoms with van der Waals surface area (Å²) in [6.45, 7) is 0.204. The van der Waals surface area contributed by atoms with Gasteiger partial charge >= 0.3 is 0 Å². The third-order valence-electron chi connectivity index (χ3n) is 3.37. The van der Waals surface area contributed by atoms with Crippen molar-refractivity contribution in [1.82, 2.24) is 5.32 Å². The van der Waals surface area contributed by atoms with Gasteiger partial charge in [-0.15, -0.1) is 0 Å². The summed E-state index contributed by atoms with van der Waals surface area (Å²) < 4.78 is 10.6. The molecule has 0 radical (unpaired) electrons. The van der Waals surface area contributed by atoms with Crippen molar-refractivity contribution in [2.45, 2.75) is 44.3 Å². The number of furan rings is 1. The summed E-state index contributed by atoms with van der Waals surface area (Å²) in [5.41, 5.74) is 0. The molecule has 5 heteroatoms. The second-order valence-electron chi connectivity index (χ2n) is 4.91. The van der Waals surface area contributed by atoms with E-state index >= 15 is 0 Å². The van der Waals surface area contributed by atoms with Crippen LogP contribution in [0.15, 0.2) is 22.8 Å². The Balaban J connectivity index is 1.61. The van der Waals surface area contributed by atoms with Crippen LogP contribution in [0.3, 0.4) is 0 Å². The molecule has 1 amide bonds. The predicted octanol–water partition coefficient (Wildman–Crippen LogP) is 1.78. The molecular formula is C14H21NO4. The van der Waals surface area contributed by atoms with Crippen molar-refractivity contribution in [2.24, 2.45) is 0 Å². The van der Waals surface area contributed by atoms with E-state index in [0.29, 0.717) is 5.76 Å². The van der Waals surface area contributed by atoms with Crippen LogP contribution in [0.4, 0.5) is 0 Å². The van der Waals surface area contributed by atoms with Gasteiger partial charge in [-0.1, -0.05) is 19.3 Å². The maximum Gasteiger partial charge on any atom is 0.246 e. The van der Waals surface area contributed by atoms with Crippen LogP contribution in [0.2, 0.25) is 0 Å². The molecule has 1 atom stereocenters. The van der Waals surface area contributed by atoms with Gasteiger partial charge < -0.3 is 19.6 Å². The third kappa shape index (κ3) is 4.69. The average molecular weight is 267 g/mol. The molecule has 0 aromatic carbocycles. The Morgan fingerprint density at radius 3 is 2.95 bits per heavy atom. The molecule has 1 aliphatic carbocycles. The van der Waals surface area contributed by atoms with E-state index in [1.165, 1.54) is 25.5 Å². The molecule has 5 nitrogen and oxygen atoms in total. The van der Waals surface area contributed by atoms with Gasteiger partial charge in [0, 0.05) is 0 Å². The lowest BCUT2D eigenvalue weighted by Crippen LogP contribution is -2.33. The normalized spacial score (nSPS) is 18.2. The van der Waals surface area contributed by atoms with Crippen molar-refractivity contribution >= 4 is 5.91 Å². The van der Waals surface area contributed by atoms with Gasteiger partial charge in [0.2, 0.25) is 5.91 Å². The molecule has 1 fully saturated rings. The van der Waals surface area contributed by atoms with Crippen molar-refractivity contribution in [1.29, 1.82) is 0 Å². The van der Waals surface area contributed by atoms with E-state index in [-0.39, 0.29) is 25.2 Å². The molecule has 0 bridgehead atoms. The lowest BCUT2D eigenvalue weighted by atomic mass is 9.98. The zero-order valence-corrected chi connectivity index (χ0v) is 11.0. The van der Waals surface area contributed by atoms with Gasteiger partial charge in [-0.3, -0.25) is 4.79 Å². The van der Waals surface area contributed by atoms with Gasteiger partial charge in [-0.2, -0.15) is 0 Å². The van der Waals surface area contributed by atoms with Crippen LogP contribution in [-0.2, 0) is 9.53 Å². The highest BCUT2D eigenvalue weighted by Crippen LogP contribution is 2.20. The van der Waals surface area contributed by atoms with Crippen LogP contribution in [0, 0.1) is 0 Å². The Bertz CT molecular complexity index is 371. The first-order chi connectivity index (χ1) is 9.25. The number of carbonyl (C=O) groups is 1. The fourth-order valence-corrected chi connectivity index (χ4v) is 2.27. The summed E-state index contributed by atoms with van der Waals surface area (Å²) in [5.74, 6) is 0.254. The molecule has 19 heavy (non-hydrogen) atoms. The van der Waals surface area contributed by atoms with Crippen LogP contribution < -0.4 is 5.32 Å². The maximum atomic E-state index is 11.6. The van der Waals surface area contributed by atoms with E-state index in [1.807, 2.05) is 0 Å². The summed E-state index contributed by atoms with van der Waals surface area (Å²) in [7, 11) is 0. The van der Waals surface area contributed by atoms with Gasteiger partial charge in [-0.25, -0.2) is 0 Å². The minimum atomic E-state index is -0.811. The van der Waals surface area contributed by atoms with Crippen molar-refractivity contribution < 1.29 is 19.1 Å². The van der Waals surface area contributed by atoms with Crippen LogP contribution >= 0.6 is 0 Å². The number of aliphatic hydroxyl groups is 1. The molecule has 0 aliphatic heterocycles. The second kappa shape index (κ2) is 7.31. The largest absolute Gasteiger partial charge is 0.467 e. The smallest absolute Gasteiger partial charge is 0.246 e. The van der Waals surface area contributed by atoms with Gasteiger partial charge in [0.1, 0.15) is 18.5 Å². The summed E-state index contributed by atoms with van der Waals surface area (Å²) in [6, 6.07) is 3.38. The van der Waals surface area contributed by atoms with Gasteiger partial charge in [-0.05, 0) is 25.0 Å². The van der Waals surface area contributed by atoms with Crippen LogP contribution in [0.5, 0.6) is 0 Å². The maximum absolute atomic E-state index is 11.6.